The van der Waals surface area contributed by atoms with E-state index in [-0.39, 0.29) is 25.0 Å². The Balaban J connectivity index is 1.97. The molecule has 2 aromatic heterocycles. The average molecular weight is 416 g/mol. The lowest BCUT2D eigenvalue weighted by molar-refractivity contribution is 0.0563. The molecule has 160 valence electrons. The molecule has 1 aliphatic heterocycles. The van der Waals surface area contributed by atoms with E-state index in [9.17, 15) is 24.6 Å². The highest BCUT2D eigenvalue weighted by Gasteiger charge is 2.34. The van der Waals surface area contributed by atoms with Gasteiger partial charge >= 0.3 is 5.97 Å². The molecule has 0 aliphatic carbocycles. The molecule has 0 unspecified atom stereocenters. The van der Waals surface area contributed by atoms with Crippen LogP contribution in [0.4, 0.5) is 0 Å². The van der Waals surface area contributed by atoms with E-state index >= 15 is 0 Å². The van der Waals surface area contributed by atoms with Crippen molar-refractivity contribution in [2.45, 2.75) is 32.9 Å². The van der Waals surface area contributed by atoms with Crippen molar-refractivity contribution >= 4 is 11.9 Å². The number of hydrogen-bond acceptors (Lipinski definition) is 7. The fraction of sp³-hybridized carbons (Fsp3) is 0.400. The van der Waals surface area contributed by atoms with E-state index in [1.807, 2.05) is 19.9 Å². The van der Waals surface area contributed by atoms with Crippen LogP contribution in [0.2, 0.25) is 0 Å². The number of aromatic carboxylic acids is 1. The molecule has 30 heavy (non-hydrogen) atoms. The third kappa shape index (κ3) is 4.43. The number of aromatic nitrogens is 2. The van der Waals surface area contributed by atoms with Crippen LogP contribution in [0, 0.1) is 0 Å². The standard InChI is InChI=1S/C20H24N4O6/c1-13(2)30-9-5-8-22-12-23(10-14-6-3-4-7-21-14)24-11-15(20(28)29)17(25)18(26)16(24)19(22)27/h3-4,6-7,11,13,26H,5,8-10,12H2,1-2H3,(H,28,29). The van der Waals surface area contributed by atoms with Crippen molar-refractivity contribution in [3.8, 4) is 5.75 Å². The van der Waals surface area contributed by atoms with Gasteiger partial charge in [0, 0.05) is 25.5 Å². The summed E-state index contributed by atoms with van der Waals surface area (Å²) in [7, 11) is 0. The molecule has 0 bridgehead atoms. The van der Waals surface area contributed by atoms with E-state index in [2.05, 4.69) is 4.98 Å². The van der Waals surface area contributed by atoms with Crippen molar-refractivity contribution in [1.29, 1.82) is 0 Å². The van der Waals surface area contributed by atoms with Crippen LogP contribution in [0.1, 0.15) is 46.8 Å². The number of carbonyl (C=O) groups is 2. The summed E-state index contributed by atoms with van der Waals surface area (Å²) in [5, 5.41) is 21.3. The Morgan fingerprint density at radius 1 is 1.30 bits per heavy atom. The maximum absolute atomic E-state index is 13.0. The number of pyridine rings is 2. The minimum Gasteiger partial charge on any atom is -0.502 e. The van der Waals surface area contributed by atoms with Gasteiger partial charge in [0.1, 0.15) is 12.2 Å². The zero-order chi connectivity index (χ0) is 21.8. The van der Waals surface area contributed by atoms with Crippen molar-refractivity contribution in [2.24, 2.45) is 0 Å². The molecule has 3 heterocycles. The molecule has 0 atom stereocenters. The fourth-order valence-corrected chi connectivity index (χ4v) is 3.19. The van der Waals surface area contributed by atoms with Crippen molar-refractivity contribution in [1.82, 2.24) is 14.6 Å². The minimum absolute atomic E-state index is 0.0699. The van der Waals surface area contributed by atoms with Gasteiger partial charge in [-0.1, -0.05) is 6.07 Å². The predicted octanol–water partition coefficient (Wildman–Crippen LogP) is 1.01. The van der Waals surface area contributed by atoms with Gasteiger partial charge in [0.25, 0.3) is 5.91 Å². The minimum atomic E-state index is -1.48. The summed E-state index contributed by atoms with van der Waals surface area (Å²) in [6.45, 7) is 5.01. The molecule has 10 heteroatoms. The Hall–Kier alpha value is -3.40. The number of rotatable bonds is 8. The number of ether oxygens (including phenoxy) is 1. The molecule has 0 fully saturated rings. The summed E-state index contributed by atoms with van der Waals surface area (Å²) in [6.07, 6.45) is 3.33. The van der Waals surface area contributed by atoms with Crippen LogP contribution >= 0.6 is 0 Å². The zero-order valence-corrected chi connectivity index (χ0v) is 16.8. The second kappa shape index (κ2) is 8.95. The van der Waals surface area contributed by atoms with Gasteiger partial charge in [-0.25, -0.2) is 4.79 Å². The van der Waals surface area contributed by atoms with Gasteiger partial charge in [-0.15, -0.1) is 0 Å². The molecule has 0 saturated heterocycles. The molecular formula is C20H24N4O6. The van der Waals surface area contributed by atoms with Crippen LogP contribution in [0.3, 0.4) is 0 Å². The van der Waals surface area contributed by atoms with Gasteiger partial charge in [-0.2, -0.15) is 0 Å². The fourth-order valence-electron chi connectivity index (χ4n) is 3.19. The van der Waals surface area contributed by atoms with Crippen molar-refractivity contribution in [3.63, 3.8) is 0 Å². The van der Waals surface area contributed by atoms with E-state index in [1.54, 1.807) is 23.3 Å². The largest absolute Gasteiger partial charge is 0.502 e. The molecule has 10 nitrogen and oxygen atoms in total. The van der Waals surface area contributed by atoms with Gasteiger partial charge in [0.05, 0.1) is 18.3 Å². The Kier molecular flexibility index (Phi) is 6.36. The summed E-state index contributed by atoms with van der Waals surface area (Å²) in [4.78, 5) is 42.4. The van der Waals surface area contributed by atoms with Crippen LogP contribution in [-0.4, -0.2) is 62.6 Å². The number of nitrogens with zero attached hydrogens (tertiary/aromatic N) is 4. The molecule has 2 N–H and O–H groups in total. The van der Waals surface area contributed by atoms with Crippen LogP contribution < -0.4 is 10.4 Å². The first-order chi connectivity index (χ1) is 14.3. The smallest absolute Gasteiger partial charge is 0.341 e. The Bertz CT molecular complexity index is 989. The highest BCUT2D eigenvalue weighted by molar-refractivity contribution is 5.97. The molecule has 0 saturated carbocycles. The monoisotopic (exact) mass is 416 g/mol. The Morgan fingerprint density at radius 3 is 2.70 bits per heavy atom. The summed E-state index contributed by atoms with van der Waals surface area (Å²) in [5.41, 5.74) is -1.30. The first-order valence-electron chi connectivity index (χ1n) is 9.57. The van der Waals surface area contributed by atoms with Gasteiger partial charge < -0.3 is 19.8 Å². The predicted molar refractivity (Wildman–Crippen MR) is 107 cm³/mol. The number of aromatic hydroxyl groups is 1. The Morgan fingerprint density at radius 2 is 2.07 bits per heavy atom. The summed E-state index contributed by atoms with van der Waals surface area (Å²) < 4.78 is 6.75. The lowest BCUT2D eigenvalue weighted by Crippen LogP contribution is -2.54. The third-order valence-electron chi connectivity index (χ3n) is 4.62. The van der Waals surface area contributed by atoms with Crippen LogP contribution in [-0.2, 0) is 11.3 Å². The lowest BCUT2D eigenvalue weighted by atomic mass is 10.2. The molecule has 1 aliphatic rings. The summed E-state index contributed by atoms with van der Waals surface area (Å²) >= 11 is 0. The molecule has 2 aromatic rings. The van der Waals surface area contributed by atoms with E-state index in [4.69, 9.17) is 4.74 Å². The zero-order valence-electron chi connectivity index (χ0n) is 16.8. The van der Waals surface area contributed by atoms with Gasteiger partial charge in [-0.05, 0) is 32.4 Å². The molecule has 0 radical (unpaired) electrons. The highest BCUT2D eigenvalue weighted by atomic mass is 16.5. The summed E-state index contributed by atoms with van der Waals surface area (Å²) in [6, 6.07) is 5.37. The van der Waals surface area contributed by atoms with Crippen molar-refractivity contribution in [3.05, 3.63) is 57.8 Å². The van der Waals surface area contributed by atoms with Gasteiger partial charge in [0.15, 0.2) is 11.4 Å². The topological polar surface area (TPSA) is 125 Å². The van der Waals surface area contributed by atoms with E-state index in [0.29, 0.717) is 25.3 Å². The molecule has 0 aromatic carbocycles. The first-order valence-corrected chi connectivity index (χ1v) is 9.57. The number of carboxylic acid groups (broad SMARTS) is 1. The number of amides is 1. The number of fused-ring (bicyclic) bond motifs is 1. The molecular weight excluding hydrogens is 392 g/mol. The second-order valence-corrected chi connectivity index (χ2v) is 7.19. The van der Waals surface area contributed by atoms with E-state index in [1.165, 1.54) is 9.58 Å². The normalized spacial score (nSPS) is 13.6. The quantitative estimate of drug-likeness (QED) is 0.611. The SMILES string of the molecule is CC(C)OCCCN1CN(Cc2ccccn2)n2cc(C(=O)O)c(=O)c(O)c2C1=O. The second-order valence-electron chi connectivity index (χ2n) is 7.19. The van der Waals surface area contributed by atoms with Crippen molar-refractivity contribution < 1.29 is 24.5 Å². The molecule has 1 amide bonds. The maximum atomic E-state index is 13.0. The first kappa shape index (κ1) is 21.3. The van der Waals surface area contributed by atoms with Crippen LogP contribution in [0.5, 0.6) is 5.75 Å². The van der Waals surface area contributed by atoms with Gasteiger partial charge in [-0.3, -0.25) is 24.3 Å². The highest BCUT2D eigenvalue weighted by Crippen LogP contribution is 2.22. The number of hydrogen-bond donors (Lipinski definition) is 2. The Labute approximate surface area is 172 Å². The third-order valence-corrected chi connectivity index (χ3v) is 4.62. The average Bonchev–Trinajstić information content (AvgIpc) is 2.70. The molecule has 0 spiro atoms. The van der Waals surface area contributed by atoms with Gasteiger partial charge in [0.2, 0.25) is 5.43 Å². The number of carbonyl (C=O) groups excluding carboxylic acids is 1. The van der Waals surface area contributed by atoms with Crippen molar-refractivity contribution in [2.75, 3.05) is 24.8 Å². The van der Waals surface area contributed by atoms with E-state index < -0.39 is 28.6 Å². The van der Waals surface area contributed by atoms with E-state index in [0.717, 1.165) is 6.20 Å². The summed E-state index contributed by atoms with van der Waals surface area (Å²) in [5.74, 6) is -2.92. The maximum Gasteiger partial charge on any atom is 0.341 e. The van der Waals surface area contributed by atoms with Crippen LogP contribution in [0.25, 0.3) is 0 Å². The number of carboxylic acids is 1. The molecule has 3 rings (SSSR count). The lowest BCUT2D eigenvalue weighted by Gasteiger charge is -2.39. The van der Waals surface area contributed by atoms with Crippen LogP contribution in [0.15, 0.2) is 35.4 Å².